The Kier molecular flexibility index (Phi) is 4.87. The van der Waals surface area contributed by atoms with E-state index in [4.69, 9.17) is 0 Å². The first kappa shape index (κ1) is 15.2. The number of nitrogens with zero attached hydrogens (tertiary/aromatic N) is 1. The van der Waals surface area contributed by atoms with Crippen LogP contribution in [0.4, 0.5) is 5.69 Å². The molecule has 6 heteroatoms. The lowest BCUT2D eigenvalue weighted by atomic mass is 10.2. The van der Waals surface area contributed by atoms with Gasteiger partial charge >= 0.3 is 11.8 Å². The van der Waals surface area contributed by atoms with Crippen LogP contribution in [0.5, 0.6) is 5.75 Å². The van der Waals surface area contributed by atoms with Gasteiger partial charge in [-0.1, -0.05) is 29.8 Å². The number of aryl methyl sites for hydroxylation is 1. The number of phenolic OH excluding ortho intramolecular Hbond substituents is 1. The maximum atomic E-state index is 11.7. The molecule has 0 saturated carbocycles. The quantitative estimate of drug-likeness (QED) is 0.458. The van der Waals surface area contributed by atoms with E-state index in [1.165, 1.54) is 18.3 Å². The fourth-order valence-electron chi connectivity index (χ4n) is 1.65. The first-order valence-electron chi connectivity index (χ1n) is 6.55. The molecule has 6 nitrogen and oxygen atoms in total. The average molecular weight is 297 g/mol. The van der Waals surface area contributed by atoms with Gasteiger partial charge in [0.2, 0.25) is 0 Å². The maximum absolute atomic E-state index is 11.7. The van der Waals surface area contributed by atoms with Gasteiger partial charge in [0.1, 0.15) is 5.75 Å². The third kappa shape index (κ3) is 4.45. The second-order valence-corrected chi connectivity index (χ2v) is 4.61. The van der Waals surface area contributed by atoms with E-state index in [1.54, 1.807) is 24.3 Å². The van der Waals surface area contributed by atoms with Crippen LogP contribution in [-0.2, 0) is 9.59 Å². The Balaban J connectivity index is 1.89. The number of nitrogens with one attached hydrogen (secondary N) is 2. The first-order valence-corrected chi connectivity index (χ1v) is 6.55. The Morgan fingerprint density at radius 2 is 1.82 bits per heavy atom. The summed E-state index contributed by atoms with van der Waals surface area (Å²) in [5.74, 6) is -1.60. The third-order valence-electron chi connectivity index (χ3n) is 2.77. The minimum atomic E-state index is -0.878. The smallest absolute Gasteiger partial charge is 0.329 e. The molecule has 2 amide bonds. The monoisotopic (exact) mass is 297 g/mol. The van der Waals surface area contributed by atoms with Crippen molar-refractivity contribution in [3.63, 3.8) is 0 Å². The predicted molar refractivity (Wildman–Crippen MR) is 83.7 cm³/mol. The molecule has 0 aliphatic carbocycles. The Labute approximate surface area is 127 Å². The average Bonchev–Trinajstić information content (AvgIpc) is 2.49. The molecule has 2 rings (SSSR count). The molecule has 0 aliphatic heterocycles. The fraction of sp³-hybridized carbons (Fsp3) is 0.0625. The van der Waals surface area contributed by atoms with Gasteiger partial charge in [-0.3, -0.25) is 9.59 Å². The van der Waals surface area contributed by atoms with Crippen LogP contribution in [0.2, 0.25) is 0 Å². The molecule has 112 valence electrons. The van der Waals surface area contributed by atoms with Crippen molar-refractivity contribution in [1.82, 2.24) is 5.43 Å². The van der Waals surface area contributed by atoms with Crippen LogP contribution < -0.4 is 10.7 Å². The molecule has 0 aliphatic rings. The minimum Gasteiger partial charge on any atom is -0.508 e. The number of phenols is 1. The molecule has 0 heterocycles. The lowest BCUT2D eigenvalue weighted by Gasteiger charge is -2.04. The Morgan fingerprint density at radius 1 is 1.09 bits per heavy atom. The van der Waals surface area contributed by atoms with Gasteiger partial charge in [0, 0.05) is 5.69 Å². The van der Waals surface area contributed by atoms with E-state index in [0.717, 1.165) is 5.56 Å². The van der Waals surface area contributed by atoms with Gasteiger partial charge < -0.3 is 10.4 Å². The van der Waals surface area contributed by atoms with E-state index in [2.05, 4.69) is 15.8 Å². The molecule has 0 fully saturated rings. The van der Waals surface area contributed by atoms with Crippen molar-refractivity contribution in [3.05, 3.63) is 59.7 Å². The van der Waals surface area contributed by atoms with Crippen molar-refractivity contribution < 1.29 is 14.7 Å². The number of carbonyl (C=O) groups excluding carboxylic acids is 2. The Morgan fingerprint density at radius 3 is 2.50 bits per heavy atom. The van der Waals surface area contributed by atoms with Crippen molar-refractivity contribution in [3.8, 4) is 5.75 Å². The molecule has 2 aromatic carbocycles. The third-order valence-corrected chi connectivity index (χ3v) is 2.77. The summed E-state index contributed by atoms with van der Waals surface area (Å²) in [4.78, 5) is 23.2. The summed E-state index contributed by atoms with van der Waals surface area (Å²) in [5, 5.41) is 15.4. The zero-order chi connectivity index (χ0) is 15.9. The second-order valence-electron chi connectivity index (χ2n) is 4.61. The van der Waals surface area contributed by atoms with Gasteiger partial charge in [0.25, 0.3) is 0 Å². The molecule has 0 spiro atoms. The van der Waals surface area contributed by atoms with E-state index >= 15 is 0 Å². The molecule has 0 radical (unpaired) electrons. The molecule has 0 bridgehead atoms. The number of benzene rings is 2. The molecule has 0 atom stereocenters. The lowest BCUT2D eigenvalue weighted by molar-refractivity contribution is -0.136. The summed E-state index contributed by atoms with van der Waals surface area (Å²) in [5.41, 5.74) is 4.30. The van der Waals surface area contributed by atoms with E-state index in [-0.39, 0.29) is 5.75 Å². The van der Waals surface area contributed by atoms with Gasteiger partial charge in [-0.05, 0) is 36.8 Å². The van der Waals surface area contributed by atoms with Crippen LogP contribution in [0.1, 0.15) is 11.1 Å². The summed E-state index contributed by atoms with van der Waals surface area (Å²) in [6, 6.07) is 13.4. The van der Waals surface area contributed by atoms with Crippen LogP contribution in [0.25, 0.3) is 0 Å². The summed E-state index contributed by atoms with van der Waals surface area (Å²) in [6.07, 6.45) is 1.33. The molecule has 2 aromatic rings. The summed E-state index contributed by atoms with van der Waals surface area (Å²) < 4.78 is 0. The lowest BCUT2D eigenvalue weighted by Crippen LogP contribution is -2.32. The van der Waals surface area contributed by atoms with Crippen molar-refractivity contribution in [1.29, 1.82) is 0 Å². The van der Waals surface area contributed by atoms with Crippen LogP contribution in [0.15, 0.2) is 53.6 Å². The number of hydrazone groups is 1. The van der Waals surface area contributed by atoms with E-state index in [9.17, 15) is 14.7 Å². The molecule has 0 saturated heterocycles. The molecule has 0 unspecified atom stereocenters. The maximum Gasteiger partial charge on any atom is 0.329 e. The molecular weight excluding hydrogens is 282 g/mol. The van der Waals surface area contributed by atoms with E-state index in [0.29, 0.717) is 11.3 Å². The SMILES string of the molecule is Cc1ccc(NC(=O)C(=O)N/N=C/c2cccc(O)c2)cc1. The molecule has 22 heavy (non-hydrogen) atoms. The second kappa shape index (κ2) is 7.03. The highest BCUT2D eigenvalue weighted by molar-refractivity contribution is 6.39. The minimum absolute atomic E-state index is 0.0902. The number of anilines is 1. The predicted octanol–water partition coefficient (Wildman–Crippen LogP) is 1.79. The number of carbonyl (C=O) groups is 2. The number of rotatable bonds is 3. The van der Waals surface area contributed by atoms with Crippen LogP contribution >= 0.6 is 0 Å². The first-order chi connectivity index (χ1) is 10.5. The molecular formula is C16H15N3O3. The highest BCUT2D eigenvalue weighted by atomic mass is 16.3. The van der Waals surface area contributed by atoms with Gasteiger partial charge in [0.05, 0.1) is 6.21 Å². The van der Waals surface area contributed by atoms with Crippen LogP contribution in [0.3, 0.4) is 0 Å². The van der Waals surface area contributed by atoms with Crippen LogP contribution in [0, 0.1) is 6.92 Å². The molecule has 0 aromatic heterocycles. The van der Waals surface area contributed by atoms with Gasteiger partial charge in [-0.15, -0.1) is 0 Å². The topological polar surface area (TPSA) is 90.8 Å². The highest BCUT2D eigenvalue weighted by Crippen LogP contribution is 2.09. The standard InChI is InChI=1S/C16H15N3O3/c1-11-5-7-13(8-6-11)18-15(21)16(22)19-17-10-12-3-2-4-14(20)9-12/h2-10,20H,1H3,(H,18,21)(H,19,22)/b17-10+. The number of amides is 2. The summed E-state index contributed by atoms with van der Waals surface area (Å²) in [7, 11) is 0. The van der Waals surface area contributed by atoms with E-state index in [1.807, 2.05) is 19.1 Å². The van der Waals surface area contributed by atoms with E-state index < -0.39 is 11.8 Å². The fourth-order valence-corrected chi connectivity index (χ4v) is 1.65. The van der Waals surface area contributed by atoms with Crippen molar-refractivity contribution in [2.75, 3.05) is 5.32 Å². The van der Waals surface area contributed by atoms with Crippen molar-refractivity contribution in [2.45, 2.75) is 6.92 Å². The zero-order valence-electron chi connectivity index (χ0n) is 11.9. The largest absolute Gasteiger partial charge is 0.508 e. The van der Waals surface area contributed by atoms with Gasteiger partial charge in [-0.25, -0.2) is 5.43 Å². The Hall–Kier alpha value is -3.15. The van der Waals surface area contributed by atoms with Crippen molar-refractivity contribution >= 4 is 23.7 Å². The molecule has 3 N–H and O–H groups in total. The normalized spacial score (nSPS) is 10.4. The number of hydrogen-bond donors (Lipinski definition) is 3. The van der Waals surface area contributed by atoms with Gasteiger partial charge in [-0.2, -0.15) is 5.10 Å². The number of aromatic hydroxyl groups is 1. The highest BCUT2D eigenvalue weighted by Gasteiger charge is 2.12. The van der Waals surface area contributed by atoms with Crippen LogP contribution in [-0.4, -0.2) is 23.1 Å². The Bertz CT molecular complexity index is 709. The number of hydrogen-bond acceptors (Lipinski definition) is 4. The zero-order valence-corrected chi connectivity index (χ0v) is 11.9. The summed E-state index contributed by atoms with van der Waals surface area (Å²) in [6.45, 7) is 1.93. The summed E-state index contributed by atoms with van der Waals surface area (Å²) >= 11 is 0. The van der Waals surface area contributed by atoms with Crippen molar-refractivity contribution in [2.24, 2.45) is 5.10 Å². The van der Waals surface area contributed by atoms with Gasteiger partial charge in [0.15, 0.2) is 0 Å².